The molecule has 0 spiro atoms. The Labute approximate surface area is 98.8 Å². The van der Waals surface area contributed by atoms with E-state index in [0.29, 0.717) is 5.38 Å². The number of alkyl halides is 1. The smallest absolute Gasteiger partial charge is 0.0344 e. The molecule has 1 aliphatic rings. The van der Waals surface area contributed by atoms with Crippen molar-refractivity contribution in [1.29, 1.82) is 0 Å². The summed E-state index contributed by atoms with van der Waals surface area (Å²) in [5.41, 5.74) is 1.70. The van der Waals surface area contributed by atoms with Crippen LogP contribution in [0, 0.1) is 0 Å². The molecule has 2 rings (SSSR count). The second-order valence-corrected chi connectivity index (χ2v) is 5.94. The highest BCUT2D eigenvalue weighted by atomic mass is 79.9. The van der Waals surface area contributed by atoms with Gasteiger partial charge in [0.05, 0.1) is 0 Å². The number of halogens is 2. The first-order chi connectivity index (χ1) is 6.60. The van der Waals surface area contributed by atoms with Gasteiger partial charge in [0, 0.05) is 9.85 Å². The van der Waals surface area contributed by atoms with E-state index in [1.165, 1.54) is 12.0 Å². The van der Waals surface area contributed by atoms with Crippen LogP contribution in [-0.2, 0) is 5.41 Å². The lowest BCUT2D eigenvalue weighted by molar-refractivity contribution is 0.492. The number of hydrogen-bond donors (Lipinski definition) is 0. The average molecular weight is 274 g/mol. The van der Waals surface area contributed by atoms with Gasteiger partial charge in [-0.15, -0.1) is 11.6 Å². The quantitative estimate of drug-likeness (QED) is 0.661. The van der Waals surface area contributed by atoms with Crippen molar-refractivity contribution in [3.8, 4) is 0 Å². The molecule has 2 atom stereocenters. The average Bonchev–Trinajstić information content (AvgIpc) is 2.48. The van der Waals surface area contributed by atoms with Gasteiger partial charge in [-0.1, -0.05) is 35.0 Å². The summed E-state index contributed by atoms with van der Waals surface area (Å²) in [6.07, 6.45) is 3.45. The molecule has 2 unspecified atom stereocenters. The standard InChI is InChI=1S/C12H14BrCl/c1-12(6-5-11(14)8-12)9-3-2-4-10(13)7-9/h2-4,7,11H,5-6,8H2,1H3. The monoisotopic (exact) mass is 272 g/mol. The molecule has 76 valence electrons. The van der Waals surface area contributed by atoms with Crippen molar-refractivity contribution in [2.45, 2.75) is 37.0 Å². The second-order valence-electron chi connectivity index (χ2n) is 4.41. The van der Waals surface area contributed by atoms with E-state index in [-0.39, 0.29) is 5.41 Å². The molecular weight excluding hydrogens is 259 g/mol. The first-order valence-electron chi connectivity index (χ1n) is 5.00. The Hall–Kier alpha value is -0.0100. The van der Waals surface area contributed by atoms with Crippen LogP contribution in [0.1, 0.15) is 31.7 Å². The molecule has 0 radical (unpaired) electrons. The van der Waals surface area contributed by atoms with Crippen LogP contribution in [0.15, 0.2) is 28.7 Å². The Kier molecular flexibility index (Phi) is 2.90. The molecule has 2 heteroatoms. The van der Waals surface area contributed by atoms with Gasteiger partial charge in [-0.25, -0.2) is 0 Å². The van der Waals surface area contributed by atoms with Crippen molar-refractivity contribution in [2.24, 2.45) is 0 Å². The topological polar surface area (TPSA) is 0 Å². The number of hydrogen-bond acceptors (Lipinski definition) is 0. The predicted octanol–water partition coefficient (Wildman–Crippen LogP) is 4.50. The molecule has 1 aromatic rings. The van der Waals surface area contributed by atoms with E-state index in [1.807, 2.05) is 0 Å². The number of rotatable bonds is 1. The molecule has 0 N–H and O–H groups in total. The summed E-state index contributed by atoms with van der Waals surface area (Å²) in [6.45, 7) is 2.32. The van der Waals surface area contributed by atoms with E-state index in [2.05, 4.69) is 47.1 Å². The summed E-state index contributed by atoms with van der Waals surface area (Å²) in [5, 5.41) is 0.360. The Morgan fingerprint density at radius 3 is 2.86 bits per heavy atom. The maximum Gasteiger partial charge on any atom is 0.0344 e. The largest absolute Gasteiger partial charge is 0.123 e. The van der Waals surface area contributed by atoms with E-state index in [9.17, 15) is 0 Å². The van der Waals surface area contributed by atoms with Gasteiger partial charge in [-0.2, -0.15) is 0 Å². The van der Waals surface area contributed by atoms with Crippen molar-refractivity contribution in [3.63, 3.8) is 0 Å². The Morgan fingerprint density at radius 2 is 2.29 bits per heavy atom. The van der Waals surface area contributed by atoms with E-state index < -0.39 is 0 Å². The molecule has 1 saturated carbocycles. The Morgan fingerprint density at radius 1 is 1.50 bits per heavy atom. The highest BCUT2D eigenvalue weighted by Crippen LogP contribution is 2.43. The molecule has 1 aromatic carbocycles. The SMILES string of the molecule is CC1(c2cccc(Br)c2)CCC(Cl)C1. The van der Waals surface area contributed by atoms with Crippen LogP contribution < -0.4 is 0 Å². The van der Waals surface area contributed by atoms with Crippen LogP contribution in [0.3, 0.4) is 0 Å². The summed E-state index contributed by atoms with van der Waals surface area (Å²) in [6, 6.07) is 8.60. The second kappa shape index (κ2) is 3.86. The zero-order chi connectivity index (χ0) is 10.2. The van der Waals surface area contributed by atoms with Gasteiger partial charge in [0.25, 0.3) is 0 Å². The first kappa shape index (κ1) is 10.5. The molecule has 0 amide bonds. The fraction of sp³-hybridized carbons (Fsp3) is 0.500. The zero-order valence-electron chi connectivity index (χ0n) is 8.26. The molecule has 0 aliphatic heterocycles. The molecule has 1 aliphatic carbocycles. The van der Waals surface area contributed by atoms with Crippen molar-refractivity contribution in [2.75, 3.05) is 0 Å². The van der Waals surface area contributed by atoms with E-state index in [1.54, 1.807) is 0 Å². The lowest BCUT2D eigenvalue weighted by Gasteiger charge is -2.24. The van der Waals surface area contributed by atoms with Gasteiger partial charge in [0.2, 0.25) is 0 Å². The molecule has 0 nitrogen and oxygen atoms in total. The molecule has 1 fully saturated rings. The summed E-state index contributed by atoms with van der Waals surface area (Å²) in [5.74, 6) is 0. The normalized spacial score (nSPS) is 32.1. The van der Waals surface area contributed by atoms with Gasteiger partial charge in [-0.05, 0) is 42.4 Å². The van der Waals surface area contributed by atoms with Crippen molar-refractivity contribution >= 4 is 27.5 Å². The van der Waals surface area contributed by atoms with Gasteiger partial charge >= 0.3 is 0 Å². The molecule has 0 heterocycles. The zero-order valence-corrected chi connectivity index (χ0v) is 10.6. The van der Waals surface area contributed by atoms with Crippen LogP contribution in [0.2, 0.25) is 0 Å². The molecule has 14 heavy (non-hydrogen) atoms. The molecule has 0 aromatic heterocycles. The number of benzene rings is 1. The third-order valence-corrected chi connectivity index (χ3v) is 4.07. The highest BCUT2D eigenvalue weighted by molar-refractivity contribution is 9.10. The molecular formula is C12H14BrCl. The minimum Gasteiger partial charge on any atom is -0.123 e. The van der Waals surface area contributed by atoms with Crippen LogP contribution in [0.5, 0.6) is 0 Å². The summed E-state index contributed by atoms with van der Waals surface area (Å²) >= 11 is 9.69. The molecule has 0 saturated heterocycles. The summed E-state index contributed by atoms with van der Waals surface area (Å²) in [4.78, 5) is 0. The van der Waals surface area contributed by atoms with Gasteiger partial charge < -0.3 is 0 Å². The van der Waals surface area contributed by atoms with Crippen LogP contribution in [0.4, 0.5) is 0 Å². The fourth-order valence-corrected chi connectivity index (χ4v) is 3.14. The predicted molar refractivity (Wildman–Crippen MR) is 65.0 cm³/mol. The van der Waals surface area contributed by atoms with Crippen LogP contribution in [-0.4, -0.2) is 5.38 Å². The lowest BCUT2D eigenvalue weighted by Crippen LogP contribution is -2.17. The maximum absolute atomic E-state index is 6.17. The highest BCUT2D eigenvalue weighted by Gasteiger charge is 2.35. The summed E-state index contributed by atoms with van der Waals surface area (Å²) < 4.78 is 1.16. The lowest BCUT2D eigenvalue weighted by atomic mass is 9.81. The third kappa shape index (κ3) is 1.99. The van der Waals surface area contributed by atoms with Crippen molar-refractivity contribution in [3.05, 3.63) is 34.3 Å². The van der Waals surface area contributed by atoms with Gasteiger partial charge in [0.15, 0.2) is 0 Å². The third-order valence-electron chi connectivity index (χ3n) is 3.20. The Balaban J connectivity index is 2.30. The van der Waals surface area contributed by atoms with Gasteiger partial charge in [-0.3, -0.25) is 0 Å². The van der Waals surface area contributed by atoms with Crippen LogP contribution >= 0.6 is 27.5 Å². The van der Waals surface area contributed by atoms with Crippen molar-refractivity contribution in [1.82, 2.24) is 0 Å². The maximum atomic E-state index is 6.17. The molecule has 0 bridgehead atoms. The summed E-state index contributed by atoms with van der Waals surface area (Å²) in [7, 11) is 0. The first-order valence-corrected chi connectivity index (χ1v) is 6.23. The fourth-order valence-electron chi connectivity index (χ4n) is 2.29. The van der Waals surface area contributed by atoms with E-state index >= 15 is 0 Å². The Bertz CT molecular complexity index is 337. The van der Waals surface area contributed by atoms with Crippen molar-refractivity contribution < 1.29 is 0 Å². The van der Waals surface area contributed by atoms with E-state index in [0.717, 1.165) is 17.3 Å². The van der Waals surface area contributed by atoms with Gasteiger partial charge in [0.1, 0.15) is 0 Å². The van der Waals surface area contributed by atoms with Crippen LogP contribution in [0.25, 0.3) is 0 Å². The van der Waals surface area contributed by atoms with E-state index in [4.69, 9.17) is 11.6 Å². The minimum atomic E-state index is 0.288. The minimum absolute atomic E-state index is 0.288.